The third-order valence-electron chi connectivity index (χ3n) is 7.24. The van der Waals surface area contributed by atoms with Crippen LogP contribution in [0.3, 0.4) is 0 Å². The summed E-state index contributed by atoms with van der Waals surface area (Å²) in [4.78, 5) is 28.6. The van der Waals surface area contributed by atoms with E-state index < -0.39 is 17.7 Å². The Morgan fingerprint density at radius 3 is 2.55 bits per heavy atom. The standard InChI is InChI=1S/C33H35NO6/c1-4-17-39-27-14-11-23(20-28(27)38-5-2)30-29(31(35)24-12-13-26-25(19-24)18-21(3)40-26)32(36)33(37)34(30)16-15-22-9-7-6-8-10-22/h6-14,19-21,30,35H,4-5,15-18H2,1-3H3. The minimum Gasteiger partial charge on any atom is -0.507 e. The van der Waals surface area contributed by atoms with E-state index in [1.165, 1.54) is 0 Å². The molecule has 0 saturated carbocycles. The summed E-state index contributed by atoms with van der Waals surface area (Å²) in [7, 11) is 0. The number of rotatable bonds is 10. The van der Waals surface area contributed by atoms with Gasteiger partial charge in [0.05, 0.1) is 24.8 Å². The highest BCUT2D eigenvalue weighted by Gasteiger charge is 2.46. The molecule has 2 heterocycles. The molecule has 2 unspecified atom stereocenters. The summed E-state index contributed by atoms with van der Waals surface area (Å²) in [5, 5.41) is 11.6. The summed E-state index contributed by atoms with van der Waals surface area (Å²) < 4.78 is 17.6. The molecular weight excluding hydrogens is 506 g/mol. The number of ether oxygens (including phenoxy) is 3. The number of carbonyl (C=O) groups excluding carboxylic acids is 2. The quantitative estimate of drug-likeness (QED) is 0.197. The van der Waals surface area contributed by atoms with Gasteiger partial charge in [0, 0.05) is 18.5 Å². The smallest absolute Gasteiger partial charge is 0.295 e. The molecule has 2 aliphatic heterocycles. The molecule has 7 nitrogen and oxygen atoms in total. The average Bonchev–Trinajstić information content (AvgIpc) is 3.46. The average molecular weight is 542 g/mol. The zero-order chi connectivity index (χ0) is 28.2. The van der Waals surface area contributed by atoms with Crippen LogP contribution in [0, 0.1) is 0 Å². The highest BCUT2D eigenvalue weighted by molar-refractivity contribution is 6.46. The van der Waals surface area contributed by atoms with Gasteiger partial charge in [-0.2, -0.15) is 0 Å². The van der Waals surface area contributed by atoms with E-state index in [9.17, 15) is 14.7 Å². The highest BCUT2D eigenvalue weighted by Crippen LogP contribution is 2.43. The lowest BCUT2D eigenvalue weighted by Crippen LogP contribution is -2.31. The third kappa shape index (κ3) is 5.41. The molecule has 208 valence electrons. The molecule has 1 saturated heterocycles. The zero-order valence-electron chi connectivity index (χ0n) is 23.2. The third-order valence-corrected chi connectivity index (χ3v) is 7.24. The van der Waals surface area contributed by atoms with Gasteiger partial charge in [0.2, 0.25) is 0 Å². The van der Waals surface area contributed by atoms with Gasteiger partial charge in [-0.1, -0.05) is 43.3 Å². The van der Waals surface area contributed by atoms with Crippen LogP contribution in [-0.2, 0) is 22.4 Å². The Kier molecular flexibility index (Phi) is 8.10. The number of benzene rings is 3. The molecule has 7 heteroatoms. The number of amides is 1. The first-order chi connectivity index (χ1) is 19.4. The predicted molar refractivity (Wildman–Crippen MR) is 153 cm³/mol. The number of ketones is 1. The molecule has 0 aromatic heterocycles. The molecular formula is C33H35NO6. The van der Waals surface area contributed by atoms with E-state index in [-0.39, 0.29) is 17.4 Å². The van der Waals surface area contributed by atoms with E-state index in [0.29, 0.717) is 55.2 Å². The second kappa shape index (κ2) is 11.9. The fourth-order valence-corrected chi connectivity index (χ4v) is 5.37. The minimum absolute atomic E-state index is 0.0430. The van der Waals surface area contributed by atoms with Crippen molar-refractivity contribution < 1.29 is 28.9 Å². The lowest BCUT2D eigenvalue weighted by molar-refractivity contribution is -0.139. The Hall–Kier alpha value is -4.26. The minimum atomic E-state index is -0.786. The normalized spacial score (nSPS) is 19.4. The zero-order valence-corrected chi connectivity index (χ0v) is 23.2. The monoisotopic (exact) mass is 541 g/mol. The van der Waals surface area contributed by atoms with Gasteiger partial charge < -0.3 is 24.2 Å². The summed E-state index contributed by atoms with van der Waals surface area (Å²) in [5.41, 5.74) is 3.22. The number of likely N-dealkylation sites (tertiary alicyclic amines) is 1. The Morgan fingerprint density at radius 2 is 1.80 bits per heavy atom. The number of carbonyl (C=O) groups is 2. The Bertz CT molecular complexity index is 1430. The van der Waals surface area contributed by atoms with E-state index in [2.05, 4.69) is 0 Å². The van der Waals surface area contributed by atoms with E-state index in [0.717, 1.165) is 23.3 Å². The first-order valence-corrected chi connectivity index (χ1v) is 13.9. The molecule has 0 spiro atoms. The maximum atomic E-state index is 13.5. The van der Waals surface area contributed by atoms with Crippen molar-refractivity contribution >= 4 is 17.4 Å². The van der Waals surface area contributed by atoms with Gasteiger partial charge in [-0.3, -0.25) is 9.59 Å². The molecule has 2 aliphatic rings. The fourth-order valence-electron chi connectivity index (χ4n) is 5.37. The Morgan fingerprint density at radius 1 is 1.00 bits per heavy atom. The highest BCUT2D eigenvalue weighted by atomic mass is 16.5. The van der Waals surface area contributed by atoms with Crippen molar-refractivity contribution in [1.29, 1.82) is 0 Å². The van der Waals surface area contributed by atoms with Gasteiger partial charge in [-0.15, -0.1) is 0 Å². The van der Waals surface area contributed by atoms with Crippen molar-refractivity contribution in [3.05, 3.63) is 94.6 Å². The van der Waals surface area contributed by atoms with Crippen LogP contribution in [-0.4, -0.2) is 47.6 Å². The molecule has 3 aromatic rings. The molecule has 1 N–H and O–H groups in total. The number of hydrogen-bond acceptors (Lipinski definition) is 6. The number of aliphatic hydroxyl groups excluding tert-OH is 1. The number of Topliss-reactive ketones (excluding diaryl/α,β-unsaturated/α-hetero) is 1. The van der Waals surface area contributed by atoms with E-state index in [1.807, 2.05) is 69.3 Å². The van der Waals surface area contributed by atoms with Crippen LogP contribution in [0.4, 0.5) is 0 Å². The summed E-state index contributed by atoms with van der Waals surface area (Å²) in [6, 6.07) is 19.9. The lowest BCUT2D eigenvalue weighted by atomic mass is 9.94. The molecule has 5 rings (SSSR count). The van der Waals surface area contributed by atoms with Crippen LogP contribution in [0.1, 0.15) is 55.5 Å². The summed E-state index contributed by atoms with van der Waals surface area (Å²) in [6.07, 6.45) is 2.16. The molecule has 3 aromatic carbocycles. The summed E-state index contributed by atoms with van der Waals surface area (Å²) in [6.45, 7) is 7.18. The summed E-state index contributed by atoms with van der Waals surface area (Å²) >= 11 is 0. The van der Waals surface area contributed by atoms with Crippen LogP contribution in [0.5, 0.6) is 17.2 Å². The van der Waals surface area contributed by atoms with Crippen LogP contribution >= 0.6 is 0 Å². The SMILES string of the molecule is CCCOc1ccc(C2C(=C(O)c3ccc4c(c3)CC(C)O4)C(=O)C(=O)N2CCc2ccccc2)cc1OCC. The van der Waals surface area contributed by atoms with Crippen LogP contribution in [0.25, 0.3) is 5.76 Å². The molecule has 0 bridgehead atoms. The second-order valence-electron chi connectivity index (χ2n) is 10.2. The number of fused-ring (bicyclic) bond motifs is 1. The van der Waals surface area contributed by atoms with Gasteiger partial charge >= 0.3 is 0 Å². The summed E-state index contributed by atoms with van der Waals surface area (Å²) in [5.74, 6) is 0.368. The van der Waals surface area contributed by atoms with Crippen LogP contribution in [0.2, 0.25) is 0 Å². The van der Waals surface area contributed by atoms with Crippen LogP contribution in [0.15, 0.2) is 72.3 Å². The van der Waals surface area contributed by atoms with Crippen molar-refractivity contribution in [3.63, 3.8) is 0 Å². The van der Waals surface area contributed by atoms with Crippen molar-refractivity contribution in [1.82, 2.24) is 4.90 Å². The Labute approximate surface area is 235 Å². The topological polar surface area (TPSA) is 85.3 Å². The van der Waals surface area contributed by atoms with Crippen LogP contribution < -0.4 is 14.2 Å². The van der Waals surface area contributed by atoms with E-state index in [4.69, 9.17) is 14.2 Å². The lowest BCUT2D eigenvalue weighted by Gasteiger charge is -2.26. The van der Waals surface area contributed by atoms with Crippen molar-refractivity contribution in [2.24, 2.45) is 0 Å². The first kappa shape index (κ1) is 27.3. The second-order valence-corrected chi connectivity index (χ2v) is 10.2. The van der Waals surface area contributed by atoms with E-state index in [1.54, 1.807) is 23.1 Å². The maximum absolute atomic E-state index is 13.5. The molecule has 40 heavy (non-hydrogen) atoms. The molecule has 1 fully saturated rings. The predicted octanol–water partition coefficient (Wildman–Crippen LogP) is 5.86. The van der Waals surface area contributed by atoms with Gasteiger partial charge in [0.1, 0.15) is 17.6 Å². The largest absolute Gasteiger partial charge is 0.507 e. The Balaban J connectivity index is 1.59. The number of nitrogens with zero attached hydrogens (tertiary/aromatic N) is 1. The van der Waals surface area contributed by atoms with Gasteiger partial charge in [0.15, 0.2) is 11.5 Å². The van der Waals surface area contributed by atoms with Gasteiger partial charge in [0.25, 0.3) is 11.7 Å². The number of aliphatic hydroxyl groups is 1. The molecule has 0 aliphatic carbocycles. The van der Waals surface area contributed by atoms with Crippen molar-refractivity contribution in [2.75, 3.05) is 19.8 Å². The maximum Gasteiger partial charge on any atom is 0.295 e. The fraction of sp³-hybridized carbons (Fsp3) is 0.333. The van der Waals surface area contributed by atoms with Crippen molar-refractivity contribution in [3.8, 4) is 17.2 Å². The number of hydrogen-bond donors (Lipinski definition) is 1. The van der Waals surface area contributed by atoms with E-state index >= 15 is 0 Å². The molecule has 2 atom stereocenters. The van der Waals surface area contributed by atoms with Gasteiger partial charge in [-0.25, -0.2) is 0 Å². The molecule has 1 amide bonds. The van der Waals surface area contributed by atoms with Gasteiger partial charge in [-0.05, 0) is 73.7 Å². The first-order valence-electron chi connectivity index (χ1n) is 13.9. The molecule has 0 radical (unpaired) electrons. The van der Waals surface area contributed by atoms with Crippen molar-refractivity contribution in [2.45, 2.75) is 52.2 Å².